The van der Waals surface area contributed by atoms with Crippen molar-refractivity contribution < 1.29 is 13.9 Å². The lowest BCUT2D eigenvalue weighted by Crippen LogP contribution is -2.13. The summed E-state index contributed by atoms with van der Waals surface area (Å²) in [6.45, 7) is 2.41. The van der Waals surface area contributed by atoms with Crippen molar-refractivity contribution in [2.24, 2.45) is 0 Å². The molecule has 0 spiro atoms. The van der Waals surface area contributed by atoms with Gasteiger partial charge in [0.05, 0.1) is 18.0 Å². The molecule has 4 rings (SSSR count). The number of hydrogen-bond acceptors (Lipinski definition) is 5. The summed E-state index contributed by atoms with van der Waals surface area (Å²) in [7, 11) is 0. The number of nitrogens with zero attached hydrogens (tertiary/aromatic N) is 2. The van der Waals surface area contributed by atoms with Gasteiger partial charge in [-0.05, 0) is 67.6 Å². The van der Waals surface area contributed by atoms with E-state index in [1.54, 1.807) is 48.5 Å². The van der Waals surface area contributed by atoms with Gasteiger partial charge in [-0.15, -0.1) is 0 Å². The van der Waals surface area contributed by atoms with Gasteiger partial charge >= 0.3 is 0 Å². The third kappa shape index (κ3) is 5.07. The summed E-state index contributed by atoms with van der Waals surface area (Å²) in [5, 5.41) is 6.07. The van der Waals surface area contributed by atoms with Crippen molar-refractivity contribution in [1.82, 2.24) is 9.97 Å². The van der Waals surface area contributed by atoms with Crippen molar-refractivity contribution in [1.29, 1.82) is 0 Å². The Hall–Kier alpha value is -4.26. The molecular formula is C25H21FN4O2. The number of carbonyl (C=O) groups is 1. The maximum atomic E-state index is 13.2. The van der Waals surface area contributed by atoms with Gasteiger partial charge in [0.25, 0.3) is 5.91 Å². The summed E-state index contributed by atoms with van der Waals surface area (Å²) in [5.41, 5.74) is 3.36. The number of aromatic nitrogens is 2. The lowest BCUT2D eigenvalue weighted by Gasteiger charge is -2.12. The number of anilines is 3. The molecule has 7 heteroatoms. The van der Waals surface area contributed by atoms with E-state index >= 15 is 0 Å². The van der Waals surface area contributed by atoms with Crippen LogP contribution in [-0.2, 0) is 0 Å². The zero-order valence-corrected chi connectivity index (χ0v) is 17.4. The third-order valence-corrected chi connectivity index (χ3v) is 4.66. The first-order valence-electron chi connectivity index (χ1n) is 10.1. The Morgan fingerprint density at radius 2 is 1.72 bits per heavy atom. The normalized spacial score (nSPS) is 10.4. The number of amides is 1. The van der Waals surface area contributed by atoms with E-state index in [1.807, 2.05) is 25.1 Å². The standard InChI is InChI=1S/C25H21FN4O2/c1-2-32-23-6-4-3-5-21(23)30-25(31)18-9-13-20(14-10-18)29-24-15-22(27-16-28-24)17-7-11-19(26)12-8-17/h3-16H,2H2,1H3,(H,30,31)(H,27,28,29). The van der Waals surface area contributed by atoms with Crippen molar-refractivity contribution in [3.8, 4) is 17.0 Å². The fourth-order valence-corrected chi connectivity index (χ4v) is 3.10. The number of benzene rings is 3. The molecule has 0 aliphatic carbocycles. The van der Waals surface area contributed by atoms with Crippen molar-refractivity contribution in [3.05, 3.63) is 96.6 Å². The highest BCUT2D eigenvalue weighted by Gasteiger charge is 2.10. The highest BCUT2D eigenvalue weighted by Crippen LogP contribution is 2.25. The van der Waals surface area contributed by atoms with E-state index in [2.05, 4.69) is 20.6 Å². The summed E-state index contributed by atoms with van der Waals surface area (Å²) < 4.78 is 18.7. The van der Waals surface area contributed by atoms with Crippen LogP contribution in [0.3, 0.4) is 0 Å². The number of hydrogen-bond donors (Lipinski definition) is 2. The van der Waals surface area contributed by atoms with E-state index in [4.69, 9.17) is 4.74 Å². The Morgan fingerprint density at radius 3 is 2.47 bits per heavy atom. The number of halogens is 1. The second kappa shape index (κ2) is 9.70. The van der Waals surface area contributed by atoms with Crippen LogP contribution >= 0.6 is 0 Å². The summed E-state index contributed by atoms with van der Waals surface area (Å²) in [6.07, 6.45) is 1.44. The smallest absolute Gasteiger partial charge is 0.255 e. The van der Waals surface area contributed by atoms with Gasteiger partial charge in [-0.25, -0.2) is 14.4 Å². The van der Waals surface area contributed by atoms with Gasteiger partial charge in [0.2, 0.25) is 0 Å². The van der Waals surface area contributed by atoms with E-state index in [1.165, 1.54) is 18.5 Å². The second-order valence-corrected chi connectivity index (χ2v) is 6.88. The van der Waals surface area contributed by atoms with Crippen LogP contribution in [0.5, 0.6) is 5.75 Å². The van der Waals surface area contributed by atoms with Crippen LogP contribution in [0, 0.1) is 5.82 Å². The number of nitrogens with one attached hydrogen (secondary N) is 2. The minimum absolute atomic E-state index is 0.232. The second-order valence-electron chi connectivity index (χ2n) is 6.88. The monoisotopic (exact) mass is 428 g/mol. The largest absolute Gasteiger partial charge is 0.492 e. The predicted octanol–water partition coefficient (Wildman–Crippen LogP) is 5.68. The quantitative estimate of drug-likeness (QED) is 0.396. The number of rotatable bonds is 7. The van der Waals surface area contributed by atoms with Crippen molar-refractivity contribution in [2.75, 3.05) is 17.2 Å². The lowest BCUT2D eigenvalue weighted by atomic mass is 10.1. The van der Waals surface area contributed by atoms with Crippen LogP contribution in [0.25, 0.3) is 11.3 Å². The minimum Gasteiger partial charge on any atom is -0.492 e. The third-order valence-electron chi connectivity index (χ3n) is 4.66. The highest BCUT2D eigenvalue weighted by molar-refractivity contribution is 6.05. The van der Waals surface area contributed by atoms with E-state index in [0.29, 0.717) is 35.1 Å². The minimum atomic E-state index is -0.299. The summed E-state index contributed by atoms with van der Waals surface area (Å²) in [6, 6.07) is 22.2. The fraction of sp³-hybridized carbons (Fsp3) is 0.0800. The zero-order valence-electron chi connectivity index (χ0n) is 17.4. The van der Waals surface area contributed by atoms with Crippen LogP contribution in [0.1, 0.15) is 17.3 Å². The van der Waals surface area contributed by atoms with Crippen LogP contribution in [-0.4, -0.2) is 22.5 Å². The first-order valence-corrected chi connectivity index (χ1v) is 10.1. The molecule has 4 aromatic rings. The van der Waals surface area contributed by atoms with Gasteiger partial charge in [0, 0.05) is 22.9 Å². The Bertz CT molecular complexity index is 1210. The molecule has 0 fully saturated rings. The van der Waals surface area contributed by atoms with E-state index in [-0.39, 0.29) is 11.7 Å². The fourth-order valence-electron chi connectivity index (χ4n) is 3.10. The topological polar surface area (TPSA) is 76.1 Å². The molecule has 0 radical (unpaired) electrons. The van der Waals surface area contributed by atoms with E-state index in [0.717, 1.165) is 11.3 Å². The number of para-hydroxylation sites is 2. The van der Waals surface area contributed by atoms with Crippen LogP contribution in [0.15, 0.2) is 85.2 Å². The molecule has 1 aromatic heterocycles. The molecule has 0 saturated heterocycles. The van der Waals surface area contributed by atoms with Gasteiger partial charge < -0.3 is 15.4 Å². The molecule has 0 bridgehead atoms. The van der Waals surface area contributed by atoms with Gasteiger partial charge in [0.1, 0.15) is 23.7 Å². The lowest BCUT2D eigenvalue weighted by molar-refractivity contribution is 0.102. The molecule has 0 aliphatic heterocycles. The molecule has 160 valence electrons. The first-order chi connectivity index (χ1) is 15.6. The Labute approximate surface area is 185 Å². The SMILES string of the molecule is CCOc1ccccc1NC(=O)c1ccc(Nc2cc(-c3ccc(F)cc3)ncn2)cc1. The van der Waals surface area contributed by atoms with Gasteiger partial charge in [0.15, 0.2) is 0 Å². The molecule has 1 heterocycles. The predicted molar refractivity (Wildman–Crippen MR) is 123 cm³/mol. The molecule has 1 amide bonds. The maximum Gasteiger partial charge on any atom is 0.255 e. The zero-order chi connectivity index (χ0) is 22.3. The average molecular weight is 428 g/mol. The van der Waals surface area contributed by atoms with Crippen molar-refractivity contribution in [3.63, 3.8) is 0 Å². The van der Waals surface area contributed by atoms with Crippen molar-refractivity contribution >= 4 is 23.1 Å². The number of ether oxygens (including phenoxy) is 1. The molecule has 0 saturated carbocycles. The van der Waals surface area contributed by atoms with Crippen molar-refractivity contribution in [2.45, 2.75) is 6.92 Å². The first kappa shape index (κ1) is 21.0. The summed E-state index contributed by atoms with van der Waals surface area (Å²) in [4.78, 5) is 21.1. The molecule has 0 atom stereocenters. The van der Waals surface area contributed by atoms with Gasteiger partial charge in [-0.2, -0.15) is 0 Å². The Morgan fingerprint density at radius 1 is 0.969 bits per heavy atom. The Balaban J connectivity index is 1.45. The van der Waals surface area contributed by atoms with Crippen LogP contribution in [0.2, 0.25) is 0 Å². The summed E-state index contributed by atoms with van der Waals surface area (Å²) >= 11 is 0. The maximum absolute atomic E-state index is 13.2. The average Bonchev–Trinajstić information content (AvgIpc) is 2.82. The Kier molecular flexibility index (Phi) is 6.36. The van der Waals surface area contributed by atoms with Gasteiger partial charge in [-0.1, -0.05) is 12.1 Å². The number of carbonyl (C=O) groups excluding carboxylic acids is 1. The van der Waals surface area contributed by atoms with E-state index in [9.17, 15) is 9.18 Å². The summed E-state index contributed by atoms with van der Waals surface area (Å²) in [5.74, 6) is 0.681. The molecule has 32 heavy (non-hydrogen) atoms. The molecule has 2 N–H and O–H groups in total. The van der Waals surface area contributed by atoms with Crippen LogP contribution < -0.4 is 15.4 Å². The van der Waals surface area contributed by atoms with Gasteiger partial charge in [-0.3, -0.25) is 4.79 Å². The highest BCUT2D eigenvalue weighted by atomic mass is 19.1. The molecule has 0 unspecified atom stereocenters. The molecule has 0 aliphatic rings. The molecule has 3 aromatic carbocycles. The molecule has 6 nitrogen and oxygen atoms in total. The van der Waals surface area contributed by atoms with Crippen LogP contribution in [0.4, 0.5) is 21.6 Å². The van der Waals surface area contributed by atoms with E-state index < -0.39 is 0 Å². The molecular weight excluding hydrogens is 407 g/mol.